The summed E-state index contributed by atoms with van der Waals surface area (Å²) in [6, 6.07) is 10.7. The van der Waals surface area contributed by atoms with Gasteiger partial charge in [-0.1, -0.05) is 18.2 Å². The van der Waals surface area contributed by atoms with Crippen LogP contribution in [0.2, 0.25) is 0 Å². The molecule has 3 aromatic heterocycles. The molecule has 10 heteroatoms. The van der Waals surface area contributed by atoms with Crippen molar-refractivity contribution in [2.24, 2.45) is 5.73 Å². The molecular formula is C27H37N9O. The number of ether oxygens (including phenoxy) is 1. The third kappa shape index (κ3) is 5.03. The van der Waals surface area contributed by atoms with Crippen molar-refractivity contribution in [3.05, 3.63) is 54.1 Å². The number of hydrogen-bond donors (Lipinski definition) is 2. The van der Waals surface area contributed by atoms with Gasteiger partial charge in [-0.3, -0.25) is 0 Å². The molecule has 5 rings (SSSR count). The van der Waals surface area contributed by atoms with E-state index in [1.54, 1.807) is 7.11 Å². The lowest BCUT2D eigenvalue weighted by molar-refractivity contribution is 0.0152. The van der Waals surface area contributed by atoms with Gasteiger partial charge in [0, 0.05) is 45.0 Å². The zero-order chi connectivity index (χ0) is 26.2. The van der Waals surface area contributed by atoms with Crippen LogP contribution in [0.1, 0.15) is 57.8 Å². The Hall–Kier alpha value is -3.50. The van der Waals surface area contributed by atoms with Crippen LogP contribution in [0.3, 0.4) is 0 Å². The molecule has 3 N–H and O–H groups in total. The second kappa shape index (κ2) is 10.1. The molecule has 196 valence electrons. The number of piperidine rings is 1. The number of fused-ring (bicyclic) bond motifs is 1. The van der Waals surface area contributed by atoms with Crippen molar-refractivity contribution < 1.29 is 4.74 Å². The average molecular weight is 504 g/mol. The van der Waals surface area contributed by atoms with Gasteiger partial charge in [0.25, 0.3) is 0 Å². The zero-order valence-electron chi connectivity index (χ0n) is 22.3. The van der Waals surface area contributed by atoms with Crippen LogP contribution >= 0.6 is 0 Å². The molecule has 1 fully saturated rings. The number of anilines is 2. The monoisotopic (exact) mass is 503 g/mol. The highest BCUT2D eigenvalue weighted by Crippen LogP contribution is 2.28. The molecular weight excluding hydrogens is 466 g/mol. The first-order chi connectivity index (χ1) is 17.8. The number of rotatable bonds is 8. The van der Waals surface area contributed by atoms with E-state index in [1.807, 2.05) is 49.3 Å². The van der Waals surface area contributed by atoms with E-state index in [0.717, 1.165) is 65.8 Å². The summed E-state index contributed by atoms with van der Waals surface area (Å²) in [5.74, 6) is 1.45. The summed E-state index contributed by atoms with van der Waals surface area (Å²) in [7, 11) is 1.70. The maximum Gasteiger partial charge on any atom is 0.229 e. The summed E-state index contributed by atoms with van der Waals surface area (Å²) >= 11 is 0. The Labute approximate surface area is 217 Å². The van der Waals surface area contributed by atoms with Crippen molar-refractivity contribution >= 4 is 22.9 Å². The molecule has 0 saturated carbocycles. The molecule has 4 aromatic rings. The lowest BCUT2D eigenvalue weighted by Crippen LogP contribution is -2.40. The predicted octanol–water partition coefficient (Wildman–Crippen LogP) is 4.01. The number of nitrogens with one attached hydrogen (secondary N) is 1. The molecule has 0 spiro atoms. The van der Waals surface area contributed by atoms with E-state index in [-0.39, 0.29) is 12.1 Å². The molecule has 0 radical (unpaired) electrons. The van der Waals surface area contributed by atoms with Gasteiger partial charge in [-0.15, -0.1) is 0 Å². The van der Waals surface area contributed by atoms with Gasteiger partial charge in [0.05, 0.1) is 17.7 Å². The highest BCUT2D eigenvalue weighted by molar-refractivity contribution is 5.84. The summed E-state index contributed by atoms with van der Waals surface area (Å²) in [6.45, 7) is 10.6. The van der Waals surface area contributed by atoms with Crippen molar-refractivity contribution in [1.29, 1.82) is 0 Å². The van der Waals surface area contributed by atoms with E-state index < -0.39 is 5.60 Å². The first kappa shape index (κ1) is 25.2. The van der Waals surface area contributed by atoms with Crippen molar-refractivity contribution in [3.63, 3.8) is 0 Å². The van der Waals surface area contributed by atoms with Crippen molar-refractivity contribution in [2.75, 3.05) is 30.4 Å². The molecule has 0 amide bonds. The first-order valence-corrected chi connectivity index (χ1v) is 13.0. The number of para-hydroxylation sites is 1. The zero-order valence-corrected chi connectivity index (χ0v) is 22.3. The standard InChI is InChI=1S/C27H37N9O/c1-18(2)35-17-30-23-24(31-26(32-25(23)35)34-13-10-20(28)11-14-34)29-16-19-8-6-7-9-21(19)36-15-12-22(33-36)27(3,4)37-5/h6-9,12,15,17-18,20H,10-11,13-14,16,28H2,1-5H3,(H,29,31,32). The molecule has 0 bridgehead atoms. The fraction of sp³-hybridized carbons (Fsp3) is 0.481. The van der Waals surface area contributed by atoms with Crippen LogP contribution in [0.25, 0.3) is 16.9 Å². The first-order valence-electron chi connectivity index (χ1n) is 13.0. The van der Waals surface area contributed by atoms with Crippen LogP contribution in [0.15, 0.2) is 42.9 Å². The quantitative estimate of drug-likeness (QED) is 0.371. The third-order valence-corrected chi connectivity index (χ3v) is 7.19. The maximum absolute atomic E-state index is 6.14. The fourth-order valence-corrected chi connectivity index (χ4v) is 4.59. The van der Waals surface area contributed by atoms with Gasteiger partial charge in [-0.2, -0.15) is 15.1 Å². The van der Waals surface area contributed by atoms with Crippen LogP contribution in [0.4, 0.5) is 11.8 Å². The molecule has 0 aliphatic carbocycles. The smallest absolute Gasteiger partial charge is 0.229 e. The number of imidazole rings is 1. The lowest BCUT2D eigenvalue weighted by Gasteiger charge is -2.30. The highest BCUT2D eigenvalue weighted by Gasteiger charge is 2.24. The third-order valence-electron chi connectivity index (χ3n) is 7.19. The second-order valence-electron chi connectivity index (χ2n) is 10.5. The van der Waals surface area contributed by atoms with Crippen LogP contribution < -0.4 is 16.0 Å². The van der Waals surface area contributed by atoms with E-state index in [4.69, 9.17) is 25.5 Å². The number of methoxy groups -OCH3 is 1. The minimum atomic E-state index is -0.463. The number of aromatic nitrogens is 6. The molecule has 1 aliphatic heterocycles. The Kier molecular flexibility index (Phi) is 6.87. The van der Waals surface area contributed by atoms with Gasteiger partial charge >= 0.3 is 0 Å². The molecule has 0 unspecified atom stereocenters. The van der Waals surface area contributed by atoms with Gasteiger partial charge in [-0.05, 0) is 58.2 Å². The summed E-state index contributed by atoms with van der Waals surface area (Å²) < 4.78 is 9.61. The summed E-state index contributed by atoms with van der Waals surface area (Å²) in [6.07, 6.45) is 5.70. The van der Waals surface area contributed by atoms with Gasteiger partial charge in [-0.25, -0.2) is 9.67 Å². The Morgan fingerprint density at radius 1 is 1.14 bits per heavy atom. The van der Waals surface area contributed by atoms with Crippen molar-refractivity contribution in [3.8, 4) is 5.69 Å². The Morgan fingerprint density at radius 2 is 1.89 bits per heavy atom. The van der Waals surface area contributed by atoms with E-state index in [0.29, 0.717) is 6.54 Å². The van der Waals surface area contributed by atoms with E-state index in [2.05, 4.69) is 45.7 Å². The van der Waals surface area contributed by atoms with Gasteiger partial charge in [0.1, 0.15) is 5.60 Å². The largest absolute Gasteiger partial charge is 0.372 e. The molecule has 10 nitrogen and oxygen atoms in total. The minimum Gasteiger partial charge on any atom is -0.372 e. The topological polar surface area (TPSA) is 112 Å². The normalized spacial score (nSPS) is 15.2. The number of benzene rings is 1. The molecule has 4 heterocycles. The molecule has 1 aromatic carbocycles. The van der Waals surface area contributed by atoms with E-state index >= 15 is 0 Å². The summed E-state index contributed by atoms with van der Waals surface area (Å²) in [5, 5.41) is 8.36. The SMILES string of the molecule is COC(C)(C)c1ccn(-c2ccccc2CNc2nc(N3CCC(N)CC3)nc3c2ncn3C(C)C)n1. The number of nitrogens with zero attached hydrogens (tertiary/aromatic N) is 7. The fourth-order valence-electron chi connectivity index (χ4n) is 4.59. The van der Waals surface area contributed by atoms with Gasteiger partial charge in [0.15, 0.2) is 17.0 Å². The number of nitrogens with two attached hydrogens (primary N) is 1. The molecule has 0 atom stereocenters. The molecule has 37 heavy (non-hydrogen) atoms. The predicted molar refractivity (Wildman–Crippen MR) is 146 cm³/mol. The summed E-state index contributed by atoms with van der Waals surface area (Å²) in [5.41, 5.74) is 10.2. The minimum absolute atomic E-state index is 0.237. The van der Waals surface area contributed by atoms with Crippen molar-refractivity contribution in [2.45, 2.75) is 64.8 Å². The number of hydrogen-bond acceptors (Lipinski definition) is 8. The Balaban J connectivity index is 1.47. The Bertz CT molecular complexity index is 1370. The van der Waals surface area contributed by atoms with Crippen LogP contribution in [-0.2, 0) is 16.9 Å². The lowest BCUT2D eigenvalue weighted by atomic mass is 10.1. The van der Waals surface area contributed by atoms with E-state index in [1.165, 1.54) is 0 Å². The highest BCUT2D eigenvalue weighted by atomic mass is 16.5. The molecule has 1 saturated heterocycles. The van der Waals surface area contributed by atoms with Crippen molar-refractivity contribution in [1.82, 2.24) is 29.3 Å². The van der Waals surface area contributed by atoms with Crippen LogP contribution in [0.5, 0.6) is 0 Å². The van der Waals surface area contributed by atoms with E-state index in [9.17, 15) is 0 Å². The maximum atomic E-state index is 6.14. The summed E-state index contributed by atoms with van der Waals surface area (Å²) in [4.78, 5) is 16.8. The van der Waals surface area contributed by atoms with Crippen LogP contribution in [-0.4, -0.2) is 55.5 Å². The second-order valence-corrected chi connectivity index (χ2v) is 10.5. The average Bonchev–Trinajstić information content (AvgIpc) is 3.56. The molecule has 1 aliphatic rings. The van der Waals surface area contributed by atoms with Gasteiger partial charge in [0.2, 0.25) is 5.95 Å². The van der Waals surface area contributed by atoms with Gasteiger partial charge < -0.3 is 25.3 Å². The van der Waals surface area contributed by atoms with Crippen LogP contribution in [0, 0.1) is 0 Å². The Morgan fingerprint density at radius 3 is 2.62 bits per heavy atom.